The van der Waals surface area contributed by atoms with Gasteiger partial charge < -0.3 is 5.73 Å². The Morgan fingerprint density at radius 3 is 2.45 bits per heavy atom. The minimum Gasteiger partial charge on any atom is -0.399 e. The lowest BCUT2D eigenvalue weighted by atomic mass is 10.2. The van der Waals surface area contributed by atoms with Gasteiger partial charge in [-0.25, -0.2) is 8.42 Å². The average molecular weight is 311 g/mol. The minimum atomic E-state index is -3.72. The summed E-state index contributed by atoms with van der Waals surface area (Å²) in [6, 6.07) is 9.87. The monoisotopic (exact) mass is 310 g/mol. The van der Waals surface area contributed by atoms with Gasteiger partial charge in [-0.2, -0.15) is 0 Å². The maximum Gasteiger partial charge on any atom is 0.262 e. The highest BCUT2D eigenvalue weighted by Crippen LogP contribution is 2.28. The molecule has 3 N–H and O–H groups in total. The maximum absolute atomic E-state index is 12.4. The normalized spacial score (nSPS) is 11.3. The lowest BCUT2D eigenvalue weighted by molar-refractivity contribution is 0.601. The minimum absolute atomic E-state index is 0.120. The first-order chi connectivity index (χ1) is 9.29. The number of benzene rings is 2. The summed E-state index contributed by atoms with van der Waals surface area (Å²) < 4.78 is 27.3. The molecule has 4 nitrogen and oxygen atoms in total. The summed E-state index contributed by atoms with van der Waals surface area (Å²) in [5.74, 6) is 0. The first-order valence-electron chi connectivity index (χ1n) is 5.95. The van der Waals surface area contributed by atoms with Gasteiger partial charge in [0.15, 0.2) is 0 Å². The van der Waals surface area contributed by atoms with Crippen molar-refractivity contribution in [1.82, 2.24) is 0 Å². The van der Waals surface area contributed by atoms with Gasteiger partial charge in [0.05, 0.1) is 15.6 Å². The van der Waals surface area contributed by atoms with Gasteiger partial charge in [0.25, 0.3) is 10.0 Å². The van der Waals surface area contributed by atoms with Crippen LogP contribution in [0, 0.1) is 13.8 Å². The second-order valence-corrected chi connectivity index (χ2v) is 6.71. The second kappa shape index (κ2) is 5.34. The molecule has 0 atom stereocenters. The Labute approximate surface area is 123 Å². The van der Waals surface area contributed by atoms with E-state index in [1.54, 1.807) is 44.2 Å². The summed E-state index contributed by atoms with van der Waals surface area (Å²) in [6.45, 7) is 3.57. The van der Waals surface area contributed by atoms with Crippen LogP contribution in [0.5, 0.6) is 0 Å². The van der Waals surface area contributed by atoms with Crippen LogP contribution in [0.4, 0.5) is 11.4 Å². The molecule has 0 amide bonds. The van der Waals surface area contributed by atoms with E-state index in [1.165, 1.54) is 6.07 Å². The lowest BCUT2D eigenvalue weighted by Crippen LogP contribution is -2.14. The number of halogens is 1. The lowest BCUT2D eigenvalue weighted by Gasteiger charge is -2.13. The van der Waals surface area contributed by atoms with Crippen molar-refractivity contribution in [3.8, 4) is 0 Å². The molecule has 0 aliphatic heterocycles. The number of hydrogen-bond acceptors (Lipinski definition) is 3. The van der Waals surface area contributed by atoms with Crippen molar-refractivity contribution in [2.75, 3.05) is 10.5 Å². The number of para-hydroxylation sites is 1. The second-order valence-electron chi connectivity index (χ2n) is 4.62. The molecular weight excluding hydrogens is 296 g/mol. The molecule has 0 aliphatic carbocycles. The quantitative estimate of drug-likeness (QED) is 0.854. The van der Waals surface area contributed by atoms with E-state index in [1.807, 2.05) is 0 Å². The van der Waals surface area contributed by atoms with Gasteiger partial charge in [0.2, 0.25) is 0 Å². The molecule has 0 fully saturated rings. The Hall–Kier alpha value is -1.72. The van der Waals surface area contributed by atoms with Gasteiger partial charge in [-0.05, 0) is 49.2 Å². The van der Waals surface area contributed by atoms with Crippen LogP contribution in [0.2, 0.25) is 5.02 Å². The molecule has 20 heavy (non-hydrogen) atoms. The van der Waals surface area contributed by atoms with Gasteiger partial charge in [0.1, 0.15) is 0 Å². The van der Waals surface area contributed by atoms with E-state index in [2.05, 4.69) is 4.72 Å². The number of nitrogens with two attached hydrogens (primary N) is 1. The summed E-state index contributed by atoms with van der Waals surface area (Å²) >= 11 is 6.03. The highest BCUT2D eigenvalue weighted by atomic mass is 35.5. The van der Waals surface area contributed by atoms with Crippen LogP contribution < -0.4 is 10.5 Å². The number of nitrogens with one attached hydrogen (secondary N) is 1. The Morgan fingerprint density at radius 2 is 1.85 bits per heavy atom. The Kier molecular flexibility index (Phi) is 3.92. The molecule has 0 saturated carbocycles. The van der Waals surface area contributed by atoms with Crippen molar-refractivity contribution in [3.63, 3.8) is 0 Å². The molecule has 0 saturated heterocycles. The van der Waals surface area contributed by atoms with E-state index in [0.717, 1.165) is 11.1 Å². The molecule has 0 aliphatic rings. The van der Waals surface area contributed by atoms with Crippen LogP contribution in [0.15, 0.2) is 41.3 Å². The third-order valence-electron chi connectivity index (χ3n) is 2.84. The zero-order chi connectivity index (χ0) is 14.9. The molecule has 0 radical (unpaired) electrons. The molecule has 2 aromatic rings. The summed E-state index contributed by atoms with van der Waals surface area (Å²) in [6.07, 6.45) is 0. The number of aryl methyl sites for hydroxylation is 2. The molecule has 0 heterocycles. The van der Waals surface area contributed by atoms with Crippen molar-refractivity contribution in [2.45, 2.75) is 18.7 Å². The van der Waals surface area contributed by atoms with Crippen LogP contribution >= 0.6 is 11.6 Å². The van der Waals surface area contributed by atoms with Crippen molar-refractivity contribution in [1.29, 1.82) is 0 Å². The molecule has 0 spiro atoms. The number of sulfonamides is 1. The number of nitrogen functional groups attached to an aromatic ring is 1. The van der Waals surface area contributed by atoms with Crippen molar-refractivity contribution in [2.24, 2.45) is 0 Å². The van der Waals surface area contributed by atoms with E-state index in [-0.39, 0.29) is 4.90 Å². The van der Waals surface area contributed by atoms with Crippen LogP contribution in [-0.2, 0) is 10.0 Å². The third kappa shape index (κ3) is 3.05. The number of hydrogen-bond donors (Lipinski definition) is 2. The summed E-state index contributed by atoms with van der Waals surface area (Å²) in [7, 11) is -3.72. The first kappa shape index (κ1) is 14.7. The fourth-order valence-electron chi connectivity index (χ4n) is 1.89. The largest absolute Gasteiger partial charge is 0.399 e. The van der Waals surface area contributed by atoms with Gasteiger partial charge in [0, 0.05) is 5.69 Å². The molecule has 6 heteroatoms. The van der Waals surface area contributed by atoms with E-state index in [4.69, 9.17) is 17.3 Å². The van der Waals surface area contributed by atoms with Crippen LogP contribution in [0.25, 0.3) is 0 Å². The van der Waals surface area contributed by atoms with Gasteiger partial charge in [-0.15, -0.1) is 0 Å². The van der Waals surface area contributed by atoms with E-state index in [9.17, 15) is 8.42 Å². The molecular formula is C14H15ClN2O2S. The van der Waals surface area contributed by atoms with Crippen molar-refractivity contribution in [3.05, 3.63) is 52.5 Å². The maximum atomic E-state index is 12.4. The topological polar surface area (TPSA) is 72.2 Å². The number of anilines is 2. The van der Waals surface area contributed by atoms with Crippen LogP contribution in [0.3, 0.4) is 0 Å². The summed E-state index contributed by atoms with van der Waals surface area (Å²) in [4.78, 5) is 0.120. The molecule has 0 unspecified atom stereocenters. The predicted molar refractivity (Wildman–Crippen MR) is 82.6 cm³/mol. The zero-order valence-electron chi connectivity index (χ0n) is 11.1. The number of rotatable bonds is 3. The molecule has 2 rings (SSSR count). The van der Waals surface area contributed by atoms with Gasteiger partial charge in [-0.1, -0.05) is 23.7 Å². The van der Waals surface area contributed by atoms with Crippen molar-refractivity contribution < 1.29 is 8.42 Å². The highest BCUT2D eigenvalue weighted by molar-refractivity contribution is 7.92. The van der Waals surface area contributed by atoms with E-state index in [0.29, 0.717) is 16.4 Å². The third-order valence-corrected chi connectivity index (χ3v) is 4.49. The Morgan fingerprint density at radius 1 is 1.15 bits per heavy atom. The fraction of sp³-hybridized carbons (Fsp3) is 0.143. The Bertz CT molecular complexity index is 717. The Balaban J connectivity index is 2.46. The van der Waals surface area contributed by atoms with E-state index >= 15 is 0 Å². The standard InChI is InChI=1S/C14H15ClN2O2S/c1-9-6-11(16)8-12(7-9)20(18,19)17-14-10(2)4-3-5-13(14)15/h3-8,17H,16H2,1-2H3. The van der Waals surface area contributed by atoms with Gasteiger partial charge >= 0.3 is 0 Å². The predicted octanol–water partition coefficient (Wildman–Crippen LogP) is 3.34. The van der Waals surface area contributed by atoms with Crippen LogP contribution in [-0.4, -0.2) is 8.42 Å². The van der Waals surface area contributed by atoms with Crippen LogP contribution in [0.1, 0.15) is 11.1 Å². The molecule has 2 aromatic carbocycles. The average Bonchev–Trinajstić information content (AvgIpc) is 2.33. The van der Waals surface area contributed by atoms with Crippen molar-refractivity contribution >= 4 is 33.0 Å². The van der Waals surface area contributed by atoms with Gasteiger partial charge in [-0.3, -0.25) is 4.72 Å². The molecule has 0 aromatic heterocycles. The summed E-state index contributed by atoms with van der Waals surface area (Å²) in [5.41, 5.74) is 8.01. The molecule has 106 valence electrons. The zero-order valence-corrected chi connectivity index (χ0v) is 12.7. The summed E-state index contributed by atoms with van der Waals surface area (Å²) in [5, 5.41) is 0.356. The first-order valence-corrected chi connectivity index (χ1v) is 7.81. The molecule has 0 bridgehead atoms. The smallest absolute Gasteiger partial charge is 0.262 e. The SMILES string of the molecule is Cc1cc(N)cc(S(=O)(=O)Nc2c(C)cccc2Cl)c1. The van der Waals surface area contributed by atoms with E-state index < -0.39 is 10.0 Å². The fourth-order valence-corrected chi connectivity index (χ4v) is 3.50. The highest BCUT2D eigenvalue weighted by Gasteiger charge is 2.17.